The summed E-state index contributed by atoms with van der Waals surface area (Å²) in [7, 11) is 2.24. The van der Waals surface area contributed by atoms with E-state index in [0.717, 1.165) is 35.5 Å². The number of halogens is 1. The van der Waals surface area contributed by atoms with Gasteiger partial charge >= 0.3 is 0 Å². The summed E-state index contributed by atoms with van der Waals surface area (Å²) in [5.41, 5.74) is 7.37. The van der Waals surface area contributed by atoms with Crippen molar-refractivity contribution in [2.45, 2.75) is 51.1 Å². The molecule has 1 aromatic rings. The summed E-state index contributed by atoms with van der Waals surface area (Å²) >= 11 is 6.21. The van der Waals surface area contributed by atoms with E-state index in [1.807, 2.05) is 24.3 Å². The highest BCUT2D eigenvalue weighted by atomic mass is 35.5. The van der Waals surface area contributed by atoms with Crippen LogP contribution < -0.4 is 5.73 Å². The number of benzene rings is 1. The Balaban J connectivity index is 1.86. The molecule has 1 aliphatic carbocycles. The van der Waals surface area contributed by atoms with Gasteiger partial charge in [0.1, 0.15) is 0 Å². The zero-order valence-corrected chi connectivity index (χ0v) is 13.4. The topological polar surface area (TPSA) is 29.3 Å². The molecular formula is C17H27ClN2. The molecule has 1 aliphatic rings. The second-order valence-electron chi connectivity index (χ2n) is 6.23. The van der Waals surface area contributed by atoms with Gasteiger partial charge in [0.05, 0.1) is 0 Å². The molecular weight excluding hydrogens is 268 g/mol. The molecule has 0 radical (unpaired) electrons. The van der Waals surface area contributed by atoms with Crippen molar-refractivity contribution < 1.29 is 0 Å². The van der Waals surface area contributed by atoms with Crippen LogP contribution in [-0.4, -0.2) is 24.5 Å². The highest BCUT2D eigenvalue weighted by Gasteiger charge is 2.25. The van der Waals surface area contributed by atoms with E-state index in [1.165, 1.54) is 25.7 Å². The molecule has 112 valence electrons. The fourth-order valence-electron chi connectivity index (χ4n) is 3.39. The van der Waals surface area contributed by atoms with Gasteiger partial charge in [0, 0.05) is 17.1 Å². The molecule has 3 atom stereocenters. The van der Waals surface area contributed by atoms with Crippen LogP contribution in [0.25, 0.3) is 0 Å². The second kappa shape index (κ2) is 7.44. The molecule has 0 aromatic heterocycles. The maximum Gasteiger partial charge on any atom is 0.0453 e. The van der Waals surface area contributed by atoms with Crippen LogP contribution in [0.3, 0.4) is 0 Å². The summed E-state index contributed by atoms with van der Waals surface area (Å²) in [6.45, 7) is 3.43. The first-order valence-electron chi connectivity index (χ1n) is 7.80. The maximum atomic E-state index is 6.30. The van der Waals surface area contributed by atoms with Gasteiger partial charge in [-0.2, -0.15) is 0 Å². The summed E-state index contributed by atoms with van der Waals surface area (Å²) in [6.07, 6.45) is 6.43. The SMILES string of the molecule is CC1CCCCC1N(C)CCC(N)c1ccccc1Cl. The number of hydrogen-bond donors (Lipinski definition) is 1. The molecule has 3 unspecified atom stereocenters. The molecule has 0 heterocycles. The van der Waals surface area contributed by atoms with Gasteiger partial charge < -0.3 is 10.6 Å². The Bertz CT molecular complexity index is 421. The molecule has 20 heavy (non-hydrogen) atoms. The number of nitrogens with two attached hydrogens (primary N) is 1. The summed E-state index contributed by atoms with van der Waals surface area (Å²) in [5, 5.41) is 0.786. The summed E-state index contributed by atoms with van der Waals surface area (Å²) < 4.78 is 0. The number of hydrogen-bond acceptors (Lipinski definition) is 2. The molecule has 2 N–H and O–H groups in total. The van der Waals surface area contributed by atoms with E-state index in [1.54, 1.807) is 0 Å². The van der Waals surface area contributed by atoms with Crippen LogP contribution in [0.1, 0.15) is 50.6 Å². The smallest absolute Gasteiger partial charge is 0.0453 e. The van der Waals surface area contributed by atoms with Crippen LogP contribution in [0.15, 0.2) is 24.3 Å². The average molecular weight is 295 g/mol. The van der Waals surface area contributed by atoms with Crippen LogP contribution in [0.5, 0.6) is 0 Å². The zero-order valence-electron chi connectivity index (χ0n) is 12.7. The lowest BCUT2D eigenvalue weighted by Gasteiger charge is -2.36. The van der Waals surface area contributed by atoms with Crippen molar-refractivity contribution in [2.24, 2.45) is 11.7 Å². The van der Waals surface area contributed by atoms with Gasteiger partial charge in [-0.05, 0) is 50.4 Å². The Labute approximate surface area is 128 Å². The molecule has 0 saturated heterocycles. The van der Waals surface area contributed by atoms with E-state index in [9.17, 15) is 0 Å². The Hall–Kier alpha value is -0.570. The minimum atomic E-state index is 0.0325. The molecule has 2 nitrogen and oxygen atoms in total. The quantitative estimate of drug-likeness (QED) is 0.880. The number of nitrogens with zero attached hydrogens (tertiary/aromatic N) is 1. The van der Waals surface area contributed by atoms with E-state index in [2.05, 4.69) is 18.9 Å². The standard InChI is InChI=1S/C17H27ClN2/c1-13-7-3-6-10-17(13)20(2)12-11-16(19)14-8-4-5-9-15(14)18/h4-5,8-9,13,16-17H,3,6-7,10-12,19H2,1-2H3. The molecule has 0 bridgehead atoms. The van der Waals surface area contributed by atoms with Gasteiger partial charge in [-0.15, -0.1) is 0 Å². The molecule has 1 saturated carbocycles. The monoisotopic (exact) mass is 294 g/mol. The maximum absolute atomic E-state index is 6.30. The summed E-state index contributed by atoms with van der Waals surface area (Å²) in [5.74, 6) is 0.810. The third kappa shape index (κ3) is 3.97. The van der Waals surface area contributed by atoms with E-state index in [0.29, 0.717) is 0 Å². The molecule has 0 spiro atoms. The lowest BCUT2D eigenvalue weighted by atomic mass is 9.85. The predicted molar refractivity (Wildman–Crippen MR) is 87.0 cm³/mol. The van der Waals surface area contributed by atoms with E-state index in [-0.39, 0.29) is 6.04 Å². The second-order valence-corrected chi connectivity index (χ2v) is 6.63. The van der Waals surface area contributed by atoms with Crippen LogP contribution in [0.4, 0.5) is 0 Å². The van der Waals surface area contributed by atoms with Crippen molar-refractivity contribution in [1.82, 2.24) is 4.90 Å². The molecule has 2 rings (SSSR count). The minimum absolute atomic E-state index is 0.0325. The van der Waals surface area contributed by atoms with Crippen molar-refractivity contribution in [3.8, 4) is 0 Å². The van der Waals surface area contributed by atoms with Crippen molar-refractivity contribution in [1.29, 1.82) is 0 Å². The van der Waals surface area contributed by atoms with Crippen LogP contribution in [-0.2, 0) is 0 Å². The Morgan fingerprint density at radius 1 is 1.30 bits per heavy atom. The molecule has 1 fully saturated rings. The van der Waals surface area contributed by atoms with Crippen LogP contribution >= 0.6 is 11.6 Å². The van der Waals surface area contributed by atoms with E-state index >= 15 is 0 Å². The summed E-state index contributed by atoms with van der Waals surface area (Å²) in [4.78, 5) is 2.50. The first-order chi connectivity index (χ1) is 9.59. The predicted octanol–water partition coefficient (Wildman–Crippen LogP) is 4.24. The highest BCUT2D eigenvalue weighted by molar-refractivity contribution is 6.31. The Kier molecular flexibility index (Phi) is 5.88. The van der Waals surface area contributed by atoms with E-state index < -0.39 is 0 Å². The first-order valence-corrected chi connectivity index (χ1v) is 8.17. The minimum Gasteiger partial charge on any atom is -0.324 e. The highest BCUT2D eigenvalue weighted by Crippen LogP contribution is 2.28. The molecule has 0 amide bonds. The van der Waals surface area contributed by atoms with Crippen molar-refractivity contribution in [3.05, 3.63) is 34.9 Å². The third-order valence-corrected chi connectivity index (χ3v) is 5.07. The summed E-state index contributed by atoms with van der Waals surface area (Å²) in [6, 6.07) is 8.68. The number of rotatable bonds is 5. The molecule has 1 aromatic carbocycles. The Morgan fingerprint density at radius 3 is 2.70 bits per heavy atom. The van der Waals surface area contributed by atoms with Crippen molar-refractivity contribution in [2.75, 3.05) is 13.6 Å². The van der Waals surface area contributed by atoms with Gasteiger partial charge in [-0.1, -0.05) is 49.6 Å². The normalized spacial score (nSPS) is 24.9. The lowest BCUT2D eigenvalue weighted by Crippen LogP contribution is -2.40. The fourth-order valence-corrected chi connectivity index (χ4v) is 3.67. The molecule has 0 aliphatic heterocycles. The Morgan fingerprint density at radius 2 is 2.00 bits per heavy atom. The van der Waals surface area contributed by atoms with Crippen LogP contribution in [0, 0.1) is 5.92 Å². The van der Waals surface area contributed by atoms with Crippen molar-refractivity contribution >= 4 is 11.6 Å². The van der Waals surface area contributed by atoms with Gasteiger partial charge in [-0.3, -0.25) is 0 Å². The van der Waals surface area contributed by atoms with E-state index in [4.69, 9.17) is 17.3 Å². The fraction of sp³-hybridized carbons (Fsp3) is 0.647. The largest absolute Gasteiger partial charge is 0.324 e. The van der Waals surface area contributed by atoms with Crippen LogP contribution in [0.2, 0.25) is 5.02 Å². The van der Waals surface area contributed by atoms with Gasteiger partial charge in [0.25, 0.3) is 0 Å². The third-order valence-electron chi connectivity index (χ3n) is 4.73. The lowest BCUT2D eigenvalue weighted by molar-refractivity contribution is 0.136. The van der Waals surface area contributed by atoms with Gasteiger partial charge in [0.2, 0.25) is 0 Å². The van der Waals surface area contributed by atoms with Gasteiger partial charge in [0.15, 0.2) is 0 Å². The van der Waals surface area contributed by atoms with Gasteiger partial charge in [-0.25, -0.2) is 0 Å². The zero-order chi connectivity index (χ0) is 14.5. The first kappa shape index (κ1) is 15.8. The van der Waals surface area contributed by atoms with Crippen molar-refractivity contribution in [3.63, 3.8) is 0 Å². The average Bonchev–Trinajstić information content (AvgIpc) is 2.45. The molecule has 3 heteroatoms.